The first-order valence-corrected chi connectivity index (χ1v) is 10.3. The summed E-state index contributed by atoms with van der Waals surface area (Å²) in [5, 5.41) is 0. The second kappa shape index (κ2) is 7.01. The first-order chi connectivity index (χ1) is 13.8. The third-order valence-electron chi connectivity index (χ3n) is 5.99. The quantitative estimate of drug-likeness (QED) is 0.746. The molecule has 28 heavy (non-hydrogen) atoms. The molecule has 0 fully saturated rings. The van der Waals surface area contributed by atoms with Gasteiger partial charge in [0, 0.05) is 29.9 Å². The van der Waals surface area contributed by atoms with E-state index in [0.717, 1.165) is 48.4 Å². The maximum Gasteiger partial charge on any atom is 0.338 e. The fourth-order valence-electron chi connectivity index (χ4n) is 4.87. The van der Waals surface area contributed by atoms with E-state index in [1.807, 2.05) is 31.2 Å². The summed E-state index contributed by atoms with van der Waals surface area (Å²) in [6, 6.07) is 10.1. The second-order valence-electron chi connectivity index (χ2n) is 7.63. The van der Waals surface area contributed by atoms with Crippen molar-refractivity contribution in [3.8, 4) is 5.75 Å². The Hall–Kier alpha value is -2.75. The van der Waals surface area contributed by atoms with Gasteiger partial charge in [-0.3, -0.25) is 0 Å². The zero-order valence-electron chi connectivity index (χ0n) is 16.3. The van der Waals surface area contributed by atoms with Gasteiger partial charge < -0.3 is 14.4 Å². The Bertz CT molecular complexity index is 974. The zero-order valence-corrected chi connectivity index (χ0v) is 16.3. The number of hydrogen-bond donors (Lipinski definition) is 0. The Balaban J connectivity index is 1.67. The smallest absolute Gasteiger partial charge is 0.338 e. The van der Waals surface area contributed by atoms with Crippen molar-refractivity contribution in [2.24, 2.45) is 0 Å². The lowest BCUT2D eigenvalue weighted by molar-refractivity contribution is 0.0526. The summed E-state index contributed by atoms with van der Waals surface area (Å²) in [5.41, 5.74) is 7.96. The Labute approximate surface area is 165 Å². The van der Waals surface area contributed by atoms with Crippen molar-refractivity contribution in [2.75, 3.05) is 31.2 Å². The highest BCUT2D eigenvalue weighted by atomic mass is 16.5. The Morgan fingerprint density at radius 2 is 1.96 bits per heavy atom. The van der Waals surface area contributed by atoms with Crippen LogP contribution in [0.25, 0.3) is 5.57 Å². The van der Waals surface area contributed by atoms with Crippen LogP contribution in [0.3, 0.4) is 0 Å². The predicted octanol–water partition coefficient (Wildman–Crippen LogP) is 4.39. The molecule has 3 heterocycles. The maximum absolute atomic E-state index is 12.5. The van der Waals surface area contributed by atoms with Crippen molar-refractivity contribution in [1.29, 1.82) is 0 Å². The first-order valence-electron chi connectivity index (χ1n) is 10.3. The van der Waals surface area contributed by atoms with Gasteiger partial charge in [0.2, 0.25) is 0 Å². The number of fused-ring (bicyclic) bond motifs is 2. The molecule has 0 unspecified atom stereocenters. The average Bonchev–Trinajstić information content (AvgIpc) is 2.74. The average molecular weight is 375 g/mol. The van der Waals surface area contributed by atoms with E-state index in [1.165, 1.54) is 29.7 Å². The van der Waals surface area contributed by atoms with Crippen molar-refractivity contribution in [2.45, 2.75) is 32.6 Å². The number of hydrogen-bond acceptors (Lipinski definition) is 4. The van der Waals surface area contributed by atoms with Crippen LogP contribution in [0, 0.1) is 0 Å². The lowest BCUT2D eigenvalue weighted by Crippen LogP contribution is -2.35. The summed E-state index contributed by atoms with van der Waals surface area (Å²) < 4.78 is 11.5. The van der Waals surface area contributed by atoms with Gasteiger partial charge in [0.05, 0.1) is 12.2 Å². The highest BCUT2D eigenvalue weighted by molar-refractivity contribution is 5.99. The monoisotopic (exact) mass is 375 g/mol. The van der Waals surface area contributed by atoms with E-state index in [2.05, 4.69) is 17.0 Å². The van der Waals surface area contributed by atoms with E-state index in [4.69, 9.17) is 9.47 Å². The van der Waals surface area contributed by atoms with Gasteiger partial charge in [-0.2, -0.15) is 0 Å². The van der Waals surface area contributed by atoms with Crippen LogP contribution in [0.5, 0.6) is 5.75 Å². The fourth-order valence-corrected chi connectivity index (χ4v) is 4.87. The molecule has 0 radical (unpaired) electrons. The van der Waals surface area contributed by atoms with Gasteiger partial charge in [-0.1, -0.05) is 18.2 Å². The SMILES string of the molecule is CCOC(=O)c1ccccc1C1=CCOc2c1cc1c3c2CCCN3CCC1. The molecule has 0 aliphatic carbocycles. The van der Waals surface area contributed by atoms with Crippen molar-refractivity contribution < 1.29 is 14.3 Å². The number of carbonyl (C=O) groups excluding carboxylic acids is 1. The number of benzene rings is 2. The van der Waals surface area contributed by atoms with Crippen LogP contribution < -0.4 is 9.64 Å². The van der Waals surface area contributed by atoms with Gasteiger partial charge in [0.25, 0.3) is 0 Å². The van der Waals surface area contributed by atoms with Gasteiger partial charge in [-0.25, -0.2) is 4.79 Å². The molecule has 0 amide bonds. The van der Waals surface area contributed by atoms with Crippen molar-refractivity contribution in [3.05, 3.63) is 64.2 Å². The fraction of sp³-hybridized carbons (Fsp3) is 0.375. The molecule has 3 aliphatic rings. The Morgan fingerprint density at radius 3 is 2.82 bits per heavy atom. The number of anilines is 1. The topological polar surface area (TPSA) is 38.8 Å². The van der Waals surface area contributed by atoms with Gasteiger partial charge >= 0.3 is 5.97 Å². The van der Waals surface area contributed by atoms with Crippen molar-refractivity contribution in [3.63, 3.8) is 0 Å². The molecule has 0 N–H and O–H groups in total. The van der Waals surface area contributed by atoms with Crippen LogP contribution in [0.1, 0.15) is 52.4 Å². The molecule has 0 saturated heterocycles. The summed E-state index contributed by atoms with van der Waals surface area (Å²) in [6.07, 6.45) is 6.64. The second-order valence-corrected chi connectivity index (χ2v) is 7.63. The van der Waals surface area contributed by atoms with Crippen LogP contribution in [0.2, 0.25) is 0 Å². The standard InChI is InChI=1S/C24H25NO3/c1-2-27-24(26)19-9-4-3-8-17(19)18-11-14-28-23-20-10-6-13-25-12-5-7-16(22(20)25)15-21(18)23/h3-4,8-9,11,15H,2,5-7,10,12-14H2,1H3. The summed E-state index contributed by atoms with van der Waals surface area (Å²) in [5.74, 6) is 0.749. The Morgan fingerprint density at radius 1 is 1.14 bits per heavy atom. The van der Waals surface area contributed by atoms with E-state index in [0.29, 0.717) is 18.8 Å². The highest BCUT2D eigenvalue weighted by Gasteiger charge is 2.31. The summed E-state index contributed by atoms with van der Waals surface area (Å²) >= 11 is 0. The molecule has 4 nitrogen and oxygen atoms in total. The van der Waals surface area contributed by atoms with E-state index in [1.54, 1.807) is 0 Å². The van der Waals surface area contributed by atoms with Crippen molar-refractivity contribution in [1.82, 2.24) is 0 Å². The number of nitrogens with zero attached hydrogens (tertiary/aromatic N) is 1. The normalized spacial score (nSPS) is 17.2. The summed E-state index contributed by atoms with van der Waals surface area (Å²) in [6.45, 7) is 5.04. The van der Waals surface area contributed by atoms with E-state index in [9.17, 15) is 4.79 Å². The number of esters is 1. The van der Waals surface area contributed by atoms with Crippen LogP contribution >= 0.6 is 0 Å². The summed E-state index contributed by atoms with van der Waals surface area (Å²) in [7, 11) is 0. The molecular weight excluding hydrogens is 350 g/mol. The van der Waals surface area contributed by atoms with Gasteiger partial charge in [0.15, 0.2) is 0 Å². The minimum Gasteiger partial charge on any atom is -0.488 e. The predicted molar refractivity (Wildman–Crippen MR) is 110 cm³/mol. The minimum atomic E-state index is -0.266. The van der Waals surface area contributed by atoms with Gasteiger partial charge in [-0.05, 0) is 67.5 Å². The van der Waals surface area contributed by atoms with Gasteiger partial charge in [0.1, 0.15) is 12.4 Å². The molecule has 2 aromatic carbocycles. The maximum atomic E-state index is 12.5. The molecule has 0 spiro atoms. The lowest BCUT2D eigenvalue weighted by Gasteiger charge is -2.39. The molecule has 0 bridgehead atoms. The molecular formula is C24H25NO3. The third-order valence-corrected chi connectivity index (χ3v) is 5.99. The molecule has 4 heteroatoms. The lowest BCUT2D eigenvalue weighted by atomic mass is 9.84. The highest BCUT2D eigenvalue weighted by Crippen LogP contribution is 2.47. The number of aryl methyl sites for hydroxylation is 1. The largest absolute Gasteiger partial charge is 0.488 e. The molecule has 2 aromatic rings. The molecule has 0 saturated carbocycles. The summed E-state index contributed by atoms with van der Waals surface area (Å²) in [4.78, 5) is 15.1. The van der Waals surface area contributed by atoms with Crippen LogP contribution in [0.4, 0.5) is 5.69 Å². The van der Waals surface area contributed by atoms with E-state index < -0.39 is 0 Å². The van der Waals surface area contributed by atoms with E-state index >= 15 is 0 Å². The van der Waals surface area contributed by atoms with Crippen LogP contribution in [-0.4, -0.2) is 32.3 Å². The third kappa shape index (κ3) is 2.70. The molecule has 0 atom stereocenters. The van der Waals surface area contributed by atoms with Crippen LogP contribution in [-0.2, 0) is 17.6 Å². The van der Waals surface area contributed by atoms with Crippen LogP contribution in [0.15, 0.2) is 36.4 Å². The number of ether oxygens (including phenoxy) is 2. The van der Waals surface area contributed by atoms with E-state index in [-0.39, 0.29) is 5.97 Å². The molecule has 144 valence electrons. The number of rotatable bonds is 3. The van der Waals surface area contributed by atoms with Crippen molar-refractivity contribution >= 4 is 17.2 Å². The molecule has 3 aliphatic heterocycles. The zero-order chi connectivity index (χ0) is 19.1. The molecule has 5 rings (SSSR count). The Kier molecular flexibility index (Phi) is 4.34. The molecule has 0 aromatic heterocycles. The first kappa shape index (κ1) is 17.4. The minimum absolute atomic E-state index is 0.266. The van der Waals surface area contributed by atoms with Gasteiger partial charge in [-0.15, -0.1) is 0 Å². The number of carbonyl (C=O) groups is 1.